The van der Waals surface area contributed by atoms with Crippen molar-refractivity contribution >= 4 is 17.5 Å². The minimum Gasteiger partial charge on any atom is -0.493 e. The zero-order chi connectivity index (χ0) is 17.8. The van der Waals surface area contributed by atoms with Gasteiger partial charge >= 0.3 is 5.97 Å². The molecule has 0 aliphatic carbocycles. The summed E-state index contributed by atoms with van der Waals surface area (Å²) >= 11 is 0. The van der Waals surface area contributed by atoms with Crippen LogP contribution in [0.2, 0.25) is 0 Å². The van der Waals surface area contributed by atoms with E-state index >= 15 is 0 Å². The average Bonchev–Trinajstić information content (AvgIpc) is 2.81. The molecule has 1 aliphatic heterocycles. The molecule has 5 nitrogen and oxygen atoms in total. The quantitative estimate of drug-likeness (QED) is 0.487. The number of hydrogen-bond donors (Lipinski definition) is 0. The third-order valence-electron chi connectivity index (χ3n) is 4.13. The number of fused-ring (bicyclic) bond motifs is 1. The smallest absolute Gasteiger partial charge is 0.375 e. The highest BCUT2D eigenvalue weighted by molar-refractivity contribution is 6.39. The first-order chi connectivity index (χ1) is 12.1. The van der Waals surface area contributed by atoms with Gasteiger partial charge in [-0.2, -0.15) is 0 Å². The van der Waals surface area contributed by atoms with Crippen LogP contribution in [0.15, 0.2) is 48.5 Å². The highest BCUT2D eigenvalue weighted by Gasteiger charge is 2.36. The van der Waals surface area contributed by atoms with Crippen molar-refractivity contribution in [2.45, 2.75) is 13.3 Å². The second-order valence-electron chi connectivity index (χ2n) is 5.72. The van der Waals surface area contributed by atoms with E-state index in [-0.39, 0.29) is 19.6 Å². The highest BCUT2D eigenvalue weighted by atomic mass is 16.5. The largest absolute Gasteiger partial charge is 0.493 e. The van der Waals surface area contributed by atoms with Crippen molar-refractivity contribution in [3.8, 4) is 16.9 Å². The average molecular weight is 338 g/mol. The molecule has 5 heteroatoms. The number of hydrogen-bond acceptors (Lipinski definition) is 5. The molecular weight excluding hydrogens is 320 g/mol. The Hall–Kier alpha value is -2.95. The minimum atomic E-state index is -1.06. The van der Waals surface area contributed by atoms with E-state index < -0.39 is 23.5 Å². The van der Waals surface area contributed by atoms with Gasteiger partial charge in [0.05, 0.1) is 24.7 Å². The monoisotopic (exact) mass is 338 g/mol. The van der Waals surface area contributed by atoms with Crippen molar-refractivity contribution in [1.29, 1.82) is 0 Å². The first kappa shape index (κ1) is 16.9. The summed E-state index contributed by atoms with van der Waals surface area (Å²) < 4.78 is 10.4. The van der Waals surface area contributed by atoms with Crippen molar-refractivity contribution in [2.24, 2.45) is 5.92 Å². The number of ether oxygens (including phenoxy) is 2. The third-order valence-corrected chi connectivity index (χ3v) is 4.13. The molecule has 25 heavy (non-hydrogen) atoms. The molecule has 1 unspecified atom stereocenters. The number of benzene rings is 2. The van der Waals surface area contributed by atoms with Crippen molar-refractivity contribution in [1.82, 2.24) is 0 Å². The van der Waals surface area contributed by atoms with Crippen molar-refractivity contribution < 1.29 is 23.9 Å². The van der Waals surface area contributed by atoms with E-state index in [2.05, 4.69) is 0 Å². The first-order valence-electron chi connectivity index (χ1n) is 8.19. The van der Waals surface area contributed by atoms with Gasteiger partial charge in [0.25, 0.3) is 5.78 Å². The molecule has 0 amide bonds. The van der Waals surface area contributed by atoms with E-state index in [1.54, 1.807) is 19.1 Å². The van der Waals surface area contributed by atoms with E-state index in [1.165, 1.54) is 0 Å². The van der Waals surface area contributed by atoms with Gasteiger partial charge in [-0.3, -0.25) is 9.59 Å². The van der Waals surface area contributed by atoms with Gasteiger partial charge in [-0.25, -0.2) is 4.79 Å². The number of carbonyl (C=O) groups is 3. The molecule has 1 atom stereocenters. The molecule has 0 saturated heterocycles. The number of carbonyl (C=O) groups excluding carboxylic acids is 3. The van der Waals surface area contributed by atoms with E-state index in [0.717, 1.165) is 11.1 Å². The maximum atomic E-state index is 12.9. The summed E-state index contributed by atoms with van der Waals surface area (Å²) in [4.78, 5) is 36.9. The zero-order valence-corrected chi connectivity index (χ0v) is 13.9. The lowest BCUT2D eigenvalue weighted by molar-refractivity contribution is -0.154. The lowest BCUT2D eigenvalue weighted by atomic mass is 9.90. The van der Waals surface area contributed by atoms with Crippen LogP contribution in [0, 0.1) is 5.92 Å². The van der Waals surface area contributed by atoms with Gasteiger partial charge in [-0.05, 0) is 36.6 Å². The second kappa shape index (κ2) is 7.30. The summed E-state index contributed by atoms with van der Waals surface area (Å²) in [6.45, 7) is 1.90. The molecule has 0 aromatic heterocycles. The van der Waals surface area contributed by atoms with Gasteiger partial charge in [-0.15, -0.1) is 0 Å². The predicted molar refractivity (Wildman–Crippen MR) is 91.5 cm³/mol. The summed E-state index contributed by atoms with van der Waals surface area (Å²) in [6.07, 6.45) is 0.159. The molecule has 1 aliphatic rings. The normalized spacial score (nSPS) is 16.4. The van der Waals surface area contributed by atoms with Crippen LogP contribution in [0.25, 0.3) is 11.1 Å². The topological polar surface area (TPSA) is 69.7 Å². The minimum absolute atomic E-state index is 0.0940. The van der Waals surface area contributed by atoms with E-state index in [9.17, 15) is 14.4 Å². The van der Waals surface area contributed by atoms with Crippen LogP contribution in [0.5, 0.6) is 5.75 Å². The number of rotatable bonds is 4. The lowest BCUT2D eigenvalue weighted by Gasteiger charge is -2.11. The fourth-order valence-electron chi connectivity index (χ4n) is 2.86. The van der Waals surface area contributed by atoms with Gasteiger partial charge in [0.1, 0.15) is 5.75 Å². The Balaban J connectivity index is 1.96. The second-order valence-corrected chi connectivity index (χ2v) is 5.72. The fraction of sp³-hybridized carbons (Fsp3) is 0.250. The maximum Gasteiger partial charge on any atom is 0.375 e. The summed E-state index contributed by atoms with van der Waals surface area (Å²) in [6, 6.07) is 14.9. The predicted octanol–water partition coefficient (Wildman–Crippen LogP) is 3.07. The third kappa shape index (κ3) is 3.45. The Kier molecular flexibility index (Phi) is 4.93. The number of esters is 1. The van der Waals surface area contributed by atoms with Crippen LogP contribution in [-0.2, 0) is 14.3 Å². The van der Waals surface area contributed by atoms with Crippen LogP contribution >= 0.6 is 0 Å². The van der Waals surface area contributed by atoms with Gasteiger partial charge in [0, 0.05) is 0 Å². The Morgan fingerprint density at radius 3 is 2.60 bits per heavy atom. The van der Waals surface area contributed by atoms with Crippen molar-refractivity contribution in [3.05, 3.63) is 54.1 Å². The van der Waals surface area contributed by atoms with Gasteiger partial charge < -0.3 is 9.47 Å². The van der Waals surface area contributed by atoms with Crippen LogP contribution in [0.4, 0.5) is 0 Å². The van der Waals surface area contributed by atoms with E-state index in [0.29, 0.717) is 11.3 Å². The molecule has 2 aromatic carbocycles. The highest BCUT2D eigenvalue weighted by Crippen LogP contribution is 2.32. The molecule has 0 bridgehead atoms. The molecule has 0 fully saturated rings. The molecule has 128 valence electrons. The fourth-order valence-corrected chi connectivity index (χ4v) is 2.86. The van der Waals surface area contributed by atoms with Crippen LogP contribution in [0.1, 0.15) is 23.7 Å². The van der Waals surface area contributed by atoms with Gasteiger partial charge in [0.15, 0.2) is 5.78 Å². The molecule has 0 saturated carbocycles. The Morgan fingerprint density at radius 1 is 1.12 bits per heavy atom. The molecule has 3 rings (SSSR count). The lowest BCUT2D eigenvalue weighted by Crippen LogP contribution is -2.31. The molecule has 2 aromatic rings. The van der Waals surface area contributed by atoms with Gasteiger partial charge in [-0.1, -0.05) is 36.4 Å². The standard InChI is InChI=1S/C20H18O5/c1-2-24-20(23)19(22)15-10-11-25-17-9-8-14(12-16(17)18(15)21)13-6-4-3-5-7-13/h3-9,12,15H,2,10-11H2,1H3. The Morgan fingerprint density at radius 2 is 1.88 bits per heavy atom. The van der Waals surface area contributed by atoms with Crippen LogP contribution in [0.3, 0.4) is 0 Å². The van der Waals surface area contributed by atoms with E-state index in [4.69, 9.17) is 9.47 Å². The van der Waals surface area contributed by atoms with Crippen LogP contribution < -0.4 is 4.74 Å². The molecular formula is C20H18O5. The number of ketones is 2. The molecule has 0 N–H and O–H groups in total. The Labute approximate surface area is 145 Å². The van der Waals surface area contributed by atoms with Crippen LogP contribution in [-0.4, -0.2) is 30.7 Å². The summed E-state index contributed by atoms with van der Waals surface area (Å²) in [5, 5.41) is 0. The number of Topliss-reactive ketones (excluding diaryl/α,β-unsaturated/α-hetero) is 2. The first-order valence-corrected chi connectivity index (χ1v) is 8.19. The maximum absolute atomic E-state index is 12.9. The molecule has 1 heterocycles. The van der Waals surface area contributed by atoms with Crippen molar-refractivity contribution in [2.75, 3.05) is 13.2 Å². The Bertz CT molecular complexity index is 810. The zero-order valence-electron chi connectivity index (χ0n) is 13.9. The molecule has 0 spiro atoms. The summed E-state index contributed by atoms with van der Waals surface area (Å²) in [5.74, 6) is -2.81. The SMILES string of the molecule is CCOC(=O)C(=O)C1CCOc2ccc(-c3ccccc3)cc2C1=O. The molecule has 0 radical (unpaired) electrons. The summed E-state index contributed by atoms with van der Waals surface area (Å²) in [7, 11) is 0. The summed E-state index contributed by atoms with van der Waals surface area (Å²) in [5.41, 5.74) is 2.12. The van der Waals surface area contributed by atoms with E-state index in [1.807, 2.05) is 36.4 Å². The van der Waals surface area contributed by atoms with Gasteiger partial charge in [0.2, 0.25) is 0 Å². The van der Waals surface area contributed by atoms with Crippen molar-refractivity contribution in [3.63, 3.8) is 0 Å².